The molecule has 0 saturated carbocycles. The SMILES string of the molecule is COc1cc(C(=O)NNS(=O)(=O)c2ccc(OC(F)(F)F)cc2)cc(OC)c1OC. The number of carbonyl (C=O) groups is 1. The van der Waals surface area contributed by atoms with Crippen molar-refractivity contribution in [2.45, 2.75) is 11.3 Å². The minimum absolute atomic E-state index is 0.0128. The number of nitrogens with one attached hydrogen (secondary N) is 2. The second-order valence-electron chi connectivity index (χ2n) is 5.49. The van der Waals surface area contributed by atoms with Crippen molar-refractivity contribution in [1.82, 2.24) is 10.3 Å². The van der Waals surface area contributed by atoms with Crippen molar-refractivity contribution in [1.29, 1.82) is 0 Å². The minimum Gasteiger partial charge on any atom is -0.493 e. The lowest BCUT2D eigenvalue weighted by molar-refractivity contribution is -0.274. The number of amides is 1. The van der Waals surface area contributed by atoms with Crippen molar-refractivity contribution < 1.29 is 45.3 Å². The van der Waals surface area contributed by atoms with E-state index in [1.54, 1.807) is 0 Å². The van der Waals surface area contributed by atoms with Crippen molar-refractivity contribution in [3.63, 3.8) is 0 Å². The van der Waals surface area contributed by atoms with Crippen molar-refractivity contribution >= 4 is 15.9 Å². The Morgan fingerprint density at radius 1 is 0.933 bits per heavy atom. The van der Waals surface area contributed by atoms with Gasteiger partial charge in [-0.15, -0.1) is 18.0 Å². The molecule has 2 rings (SSSR count). The average molecular weight is 450 g/mol. The Morgan fingerprint density at radius 2 is 1.47 bits per heavy atom. The lowest BCUT2D eigenvalue weighted by atomic mass is 10.1. The van der Waals surface area contributed by atoms with Crippen molar-refractivity contribution in [2.24, 2.45) is 0 Å². The van der Waals surface area contributed by atoms with Crippen LogP contribution in [0.3, 0.4) is 0 Å². The van der Waals surface area contributed by atoms with Crippen LogP contribution in [0.4, 0.5) is 13.2 Å². The fourth-order valence-corrected chi connectivity index (χ4v) is 3.12. The van der Waals surface area contributed by atoms with Gasteiger partial charge in [-0.05, 0) is 36.4 Å². The molecule has 0 atom stereocenters. The molecule has 2 aromatic rings. The predicted molar refractivity (Wildman–Crippen MR) is 97.0 cm³/mol. The molecular formula is C17H17F3N2O7S. The molecule has 0 aliphatic rings. The third kappa shape index (κ3) is 5.67. The van der Waals surface area contributed by atoms with E-state index in [2.05, 4.69) is 4.74 Å². The standard InChI is InChI=1S/C17H17F3N2O7S/c1-26-13-8-10(9-14(27-2)15(13)28-3)16(23)21-22-30(24,25)12-6-4-11(5-7-12)29-17(18,19)20/h4-9,22H,1-3H3,(H,21,23). The second-order valence-corrected chi connectivity index (χ2v) is 7.18. The Hall–Kier alpha value is -3.19. The van der Waals surface area contributed by atoms with Gasteiger partial charge in [-0.2, -0.15) is 0 Å². The van der Waals surface area contributed by atoms with Crippen LogP contribution in [-0.4, -0.2) is 42.0 Å². The highest BCUT2D eigenvalue weighted by molar-refractivity contribution is 7.89. The van der Waals surface area contributed by atoms with Crippen LogP contribution in [0.25, 0.3) is 0 Å². The Labute approximate surface area is 169 Å². The van der Waals surface area contributed by atoms with Crippen LogP contribution in [-0.2, 0) is 10.0 Å². The molecule has 0 unspecified atom stereocenters. The Bertz CT molecular complexity index is 984. The summed E-state index contributed by atoms with van der Waals surface area (Å²) in [7, 11) is -0.217. The summed E-state index contributed by atoms with van der Waals surface area (Å²) < 4.78 is 80.1. The van der Waals surface area contributed by atoms with Crippen molar-refractivity contribution in [2.75, 3.05) is 21.3 Å². The molecule has 0 bridgehead atoms. The van der Waals surface area contributed by atoms with Crippen LogP contribution in [0.1, 0.15) is 10.4 Å². The highest BCUT2D eigenvalue weighted by Crippen LogP contribution is 2.38. The van der Waals surface area contributed by atoms with Gasteiger partial charge < -0.3 is 18.9 Å². The number of hydrogen-bond acceptors (Lipinski definition) is 7. The minimum atomic E-state index is -4.91. The molecule has 2 N–H and O–H groups in total. The smallest absolute Gasteiger partial charge is 0.493 e. The van der Waals surface area contributed by atoms with Gasteiger partial charge >= 0.3 is 6.36 Å². The van der Waals surface area contributed by atoms with Gasteiger partial charge in [0.25, 0.3) is 15.9 Å². The normalized spacial score (nSPS) is 11.5. The number of carbonyl (C=O) groups excluding carboxylic acids is 1. The Morgan fingerprint density at radius 3 is 1.90 bits per heavy atom. The summed E-state index contributed by atoms with van der Waals surface area (Å²) in [5.41, 5.74) is 1.98. The summed E-state index contributed by atoms with van der Waals surface area (Å²) in [6, 6.07) is 6.01. The maximum Gasteiger partial charge on any atom is 0.573 e. The van der Waals surface area contributed by atoms with Crippen molar-refractivity contribution in [3.8, 4) is 23.0 Å². The number of hydrogen-bond donors (Lipinski definition) is 2. The van der Waals surface area contributed by atoms with Gasteiger partial charge in [0.1, 0.15) is 5.75 Å². The van der Waals surface area contributed by atoms with Crippen LogP contribution in [0.5, 0.6) is 23.0 Å². The molecule has 0 radical (unpaired) electrons. The number of rotatable bonds is 8. The number of methoxy groups -OCH3 is 3. The summed E-state index contributed by atoms with van der Waals surface area (Å²) >= 11 is 0. The molecule has 13 heteroatoms. The van der Waals surface area contributed by atoms with E-state index in [4.69, 9.17) is 14.2 Å². The molecule has 0 aliphatic heterocycles. The van der Waals surface area contributed by atoms with Gasteiger partial charge in [-0.3, -0.25) is 10.2 Å². The molecule has 30 heavy (non-hydrogen) atoms. The largest absolute Gasteiger partial charge is 0.573 e. The lowest BCUT2D eigenvalue weighted by Gasteiger charge is -2.14. The van der Waals surface area contributed by atoms with E-state index in [0.29, 0.717) is 0 Å². The van der Waals surface area contributed by atoms with Crippen LogP contribution in [0.2, 0.25) is 0 Å². The average Bonchev–Trinajstić information content (AvgIpc) is 2.70. The maximum absolute atomic E-state index is 12.3. The zero-order chi connectivity index (χ0) is 22.5. The molecule has 0 heterocycles. The summed E-state index contributed by atoms with van der Waals surface area (Å²) in [5.74, 6) is -0.869. The van der Waals surface area contributed by atoms with Crippen LogP contribution in [0.15, 0.2) is 41.3 Å². The molecule has 0 aromatic heterocycles. The number of benzene rings is 2. The Kier molecular flexibility index (Phi) is 7.00. The van der Waals surface area contributed by atoms with E-state index < -0.39 is 32.9 Å². The van der Waals surface area contributed by atoms with Gasteiger partial charge in [0, 0.05) is 5.56 Å². The Balaban J connectivity index is 2.15. The van der Waals surface area contributed by atoms with Gasteiger partial charge in [0.2, 0.25) is 5.75 Å². The fraction of sp³-hybridized carbons (Fsp3) is 0.235. The number of sulfonamides is 1. The zero-order valence-electron chi connectivity index (χ0n) is 15.9. The maximum atomic E-state index is 12.3. The first-order valence-corrected chi connectivity index (χ1v) is 9.47. The van der Waals surface area contributed by atoms with Gasteiger partial charge in [0.15, 0.2) is 11.5 Å². The molecule has 1 amide bonds. The first-order valence-electron chi connectivity index (χ1n) is 7.98. The highest BCUT2D eigenvalue weighted by atomic mass is 32.2. The van der Waals surface area contributed by atoms with Crippen molar-refractivity contribution in [3.05, 3.63) is 42.0 Å². The van der Waals surface area contributed by atoms with E-state index in [1.807, 2.05) is 10.3 Å². The first kappa shape index (κ1) is 23.1. The zero-order valence-corrected chi connectivity index (χ0v) is 16.7. The molecule has 0 aliphatic carbocycles. The fourth-order valence-electron chi connectivity index (χ4n) is 2.28. The number of halogens is 3. The first-order chi connectivity index (χ1) is 14.0. The van der Waals surface area contributed by atoms with E-state index >= 15 is 0 Å². The molecule has 0 fully saturated rings. The number of alkyl halides is 3. The third-order valence-electron chi connectivity index (χ3n) is 3.59. The predicted octanol–water partition coefficient (Wildman–Crippen LogP) is 2.23. The van der Waals surface area contributed by atoms with E-state index in [0.717, 1.165) is 24.3 Å². The topological polar surface area (TPSA) is 112 Å². The third-order valence-corrected chi connectivity index (χ3v) is 4.86. The van der Waals surface area contributed by atoms with E-state index in [1.165, 1.54) is 33.5 Å². The van der Waals surface area contributed by atoms with Gasteiger partial charge in [-0.1, -0.05) is 0 Å². The molecule has 9 nitrogen and oxygen atoms in total. The molecule has 0 spiro atoms. The number of ether oxygens (including phenoxy) is 4. The van der Waals surface area contributed by atoms with E-state index in [-0.39, 0.29) is 22.8 Å². The quantitative estimate of drug-likeness (QED) is 0.593. The van der Waals surface area contributed by atoms with Crippen LogP contribution < -0.4 is 29.2 Å². The number of hydrazine groups is 1. The molecule has 0 saturated heterocycles. The van der Waals surface area contributed by atoms with Crippen LogP contribution >= 0.6 is 0 Å². The summed E-state index contributed by atoms with van der Waals surface area (Å²) in [6.45, 7) is 0. The lowest BCUT2D eigenvalue weighted by Crippen LogP contribution is -2.41. The van der Waals surface area contributed by atoms with Gasteiger partial charge in [-0.25, -0.2) is 8.42 Å². The summed E-state index contributed by atoms with van der Waals surface area (Å²) in [4.78, 5) is 13.8. The second kappa shape index (κ2) is 9.09. The summed E-state index contributed by atoms with van der Waals surface area (Å²) in [6.07, 6.45) is -4.91. The monoisotopic (exact) mass is 450 g/mol. The van der Waals surface area contributed by atoms with Crippen LogP contribution in [0, 0.1) is 0 Å². The van der Waals surface area contributed by atoms with Gasteiger partial charge in [0.05, 0.1) is 26.2 Å². The molecule has 2 aromatic carbocycles. The van der Waals surface area contributed by atoms with E-state index in [9.17, 15) is 26.4 Å². The molecule has 164 valence electrons. The summed E-state index contributed by atoms with van der Waals surface area (Å²) in [5, 5.41) is 0. The molecular weight excluding hydrogens is 433 g/mol. The highest BCUT2D eigenvalue weighted by Gasteiger charge is 2.31.